The van der Waals surface area contributed by atoms with Gasteiger partial charge in [0.25, 0.3) is 0 Å². The number of hydrogen-bond donors (Lipinski definition) is 1. The van der Waals surface area contributed by atoms with E-state index in [2.05, 4.69) is 25.2 Å². The van der Waals surface area contributed by atoms with Crippen molar-refractivity contribution < 1.29 is 0 Å². The average Bonchev–Trinajstić information content (AvgIpc) is 2.06. The largest absolute Gasteiger partial charge is 0.302 e. The molecule has 3 unspecified atom stereocenters. The molecule has 0 spiro atoms. The second-order valence-corrected chi connectivity index (χ2v) is 4.11. The van der Waals surface area contributed by atoms with Crippen molar-refractivity contribution in [3.8, 4) is 6.07 Å². The molecular formula is C10H18N2. The molecule has 1 aliphatic rings. The molecule has 0 aliphatic heterocycles. The highest BCUT2D eigenvalue weighted by molar-refractivity contribution is 5.11. The van der Waals surface area contributed by atoms with Crippen LogP contribution in [0.2, 0.25) is 0 Å². The summed E-state index contributed by atoms with van der Waals surface area (Å²) in [6.45, 7) is 4.45. The van der Waals surface area contributed by atoms with Crippen LogP contribution in [0.3, 0.4) is 0 Å². The molecule has 1 aliphatic carbocycles. The van der Waals surface area contributed by atoms with Crippen LogP contribution in [-0.2, 0) is 0 Å². The topological polar surface area (TPSA) is 35.8 Å². The summed E-state index contributed by atoms with van der Waals surface area (Å²) in [7, 11) is 1.90. The zero-order valence-corrected chi connectivity index (χ0v) is 8.22. The standard InChI is InChI=1S/C10H18N2/c1-8-4-5-10(7-11,12-3)9(2)6-8/h8-9,12H,4-6H2,1-3H3. The van der Waals surface area contributed by atoms with Crippen LogP contribution in [0.15, 0.2) is 0 Å². The van der Waals surface area contributed by atoms with Crippen molar-refractivity contribution in [2.24, 2.45) is 11.8 Å². The number of nitriles is 1. The summed E-state index contributed by atoms with van der Waals surface area (Å²) in [6, 6.07) is 2.43. The molecule has 1 fully saturated rings. The zero-order chi connectivity index (χ0) is 9.19. The minimum atomic E-state index is -0.244. The lowest BCUT2D eigenvalue weighted by molar-refractivity contribution is 0.181. The predicted octanol–water partition coefficient (Wildman–Crippen LogP) is 1.92. The van der Waals surface area contributed by atoms with Crippen molar-refractivity contribution in [3.05, 3.63) is 0 Å². The number of nitrogens with one attached hydrogen (secondary N) is 1. The van der Waals surface area contributed by atoms with E-state index in [1.165, 1.54) is 12.8 Å². The van der Waals surface area contributed by atoms with Crippen LogP contribution in [0.1, 0.15) is 33.1 Å². The maximum atomic E-state index is 9.09. The molecule has 12 heavy (non-hydrogen) atoms. The smallest absolute Gasteiger partial charge is 0.109 e. The van der Waals surface area contributed by atoms with Gasteiger partial charge in [-0.2, -0.15) is 5.26 Å². The molecule has 0 aromatic heterocycles. The van der Waals surface area contributed by atoms with Crippen LogP contribution < -0.4 is 5.32 Å². The average molecular weight is 166 g/mol. The van der Waals surface area contributed by atoms with Gasteiger partial charge in [0.05, 0.1) is 6.07 Å². The molecule has 0 saturated heterocycles. The van der Waals surface area contributed by atoms with Crippen molar-refractivity contribution in [1.29, 1.82) is 5.26 Å². The van der Waals surface area contributed by atoms with E-state index < -0.39 is 0 Å². The van der Waals surface area contributed by atoms with Crippen LogP contribution in [0.25, 0.3) is 0 Å². The van der Waals surface area contributed by atoms with E-state index in [-0.39, 0.29) is 5.54 Å². The van der Waals surface area contributed by atoms with E-state index in [0.29, 0.717) is 5.92 Å². The first-order valence-corrected chi connectivity index (χ1v) is 4.75. The van der Waals surface area contributed by atoms with Gasteiger partial charge in [-0.15, -0.1) is 0 Å². The van der Waals surface area contributed by atoms with Crippen LogP contribution in [0.5, 0.6) is 0 Å². The molecule has 1 rings (SSSR count). The SMILES string of the molecule is CNC1(C#N)CCC(C)CC1C. The molecule has 0 aromatic rings. The van der Waals surface area contributed by atoms with E-state index in [4.69, 9.17) is 5.26 Å². The Balaban J connectivity index is 2.72. The summed E-state index contributed by atoms with van der Waals surface area (Å²) < 4.78 is 0. The normalized spacial score (nSPS) is 42.2. The second-order valence-electron chi connectivity index (χ2n) is 4.11. The fraction of sp³-hybridized carbons (Fsp3) is 0.900. The minimum Gasteiger partial charge on any atom is -0.302 e. The van der Waals surface area contributed by atoms with E-state index in [1.54, 1.807) is 0 Å². The molecule has 0 radical (unpaired) electrons. The Morgan fingerprint density at radius 3 is 2.58 bits per heavy atom. The van der Waals surface area contributed by atoms with E-state index >= 15 is 0 Å². The lowest BCUT2D eigenvalue weighted by atomic mass is 9.71. The van der Waals surface area contributed by atoms with E-state index in [1.807, 2.05) is 7.05 Å². The van der Waals surface area contributed by atoms with Gasteiger partial charge in [0, 0.05) is 0 Å². The zero-order valence-electron chi connectivity index (χ0n) is 8.22. The van der Waals surface area contributed by atoms with Crippen molar-refractivity contribution in [2.45, 2.75) is 38.6 Å². The lowest BCUT2D eigenvalue weighted by Crippen LogP contribution is -2.50. The Morgan fingerprint density at radius 2 is 2.17 bits per heavy atom. The summed E-state index contributed by atoms with van der Waals surface area (Å²) in [6.07, 6.45) is 3.36. The Morgan fingerprint density at radius 1 is 1.50 bits per heavy atom. The second kappa shape index (κ2) is 3.45. The van der Waals surface area contributed by atoms with Crippen LogP contribution in [0.4, 0.5) is 0 Å². The van der Waals surface area contributed by atoms with Gasteiger partial charge in [-0.05, 0) is 38.1 Å². The highest BCUT2D eigenvalue weighted by atomic mass is 14.9. The van der Waals surface area contributed by atoms with Crippen LogP contribution >= 0.6 is 0 Å². The summed E-state index contributed by atoms with van der Waals surface area (Å²) >= 11 is 0. The van der Waals surface area contributed by atoms with Gasteiger partial charge < -0.3 is 5.32 Å². The van der Waals surface area contributed by atoms with Crippen molar-refractivity contribution in [1.82, 2.24) is 5.32 Å². The lowest BCUT2D eigenvalue weighted by Gasteiger charge is -2.39. The highest BCUT2D eigenvalue weighted by Gasteiger charge is 2.38. The molecule has 0 aromatic carbocycles. The van der Waals surface area contributed by atoms with E-state index in [0.717, 1.165) is 12.3 Å². The molecule has 2 nitrogen and oxygen atoms in total. The highest BCUT2D eigenvalue weighted by Crippen LogP contribution is 2.35. The number of rotatable bonds is 1. The maximum Gasteiger partial charge on any atom is 0.109 e. The van der Waals surface area contributed by atoms with Gasteiger partial charge in [0.15, 0.2) is 0 Å². The van der Waals surface area contributed by atoms with Gasteiger partial charge in [-0.25, -0.2) is 0 Å². The quantitative estimate of drug-likeness (QED) is 0.646. The molecule has 2 heteroatoms. The summed E-state index contributed by atoms with van der Waals surface area (Å²) in [5.74, 6) is 1.27. The van der Waals surface area contributed by atoms with Crippen molar-refractivity contribution in [3.63, 3.8) is 0 Å². The molecule has 1 saturated carbocycles. The molecule has 0 amide bonds. The Hall–Kier alpha value is -0.550. The van der Waals surface area contributed by atoms with Gasteiger partial charge in [-0.1, -0.05) is 13.8 Å². The first-order valence-electron chi connectivity index (χ1n) is 4.75. The van der Waals surface area contributed by atoms with Crippen molar-refractivity contribution >= 4 is 0 Å². The summed E-state index contributed by atoms with van der Waals surface area (Å²) in [4.78, 5) is 0. The van der Waals surface area contributed by atoms with E-state index in [9.17, 15) is 0 Å². The summed E-state index contributed by atoms with van der Waals surface area (Å²) in [5.41, 5.74) is -0.244. The summed E-state index contributed by atoms with van der Waals surface area (Å²) in [5, 5.41) is 12.3. The third-order valence-corrected chi connectivity index (χ3v) is 3.27. The molecule has 3 atom stereocenters. The molecule has 68 valence electrons. The molecule has 0 heterocycles. The fourth-order valence-corrected chi connectivity index (χ4v) is 2.24. The Kier molecular flexibility index (Phi) is 2.74. The monoisotopic (exact) mass is 166 g/mol. The Labute approximate surface area is 75.0 Å². The van der Waals surface area contributed by atoms with Gasteiger partial charge in [-0.3, -0.25) is 0 Å². The first-order chi connectivity index (χ1) is 5.64. The molecule has 1 N–H and O–H groups in total. The van der Waals surface area contributed by atoms with Crippen LogP contribution in [0, 0.1) is 23.2 Å². The fourth-order valence-electron chi connectivity index (χ4n) is 2.24. The number of nitrogens with zero attached hydrogens (tertiary/aromatic N) is 1. The minimum absolute atomic E-state index is 0.244. The third-order valence-electron chi connectivity index (χ3n) is 3.27. The predicted molar refractivity (Wildman–Crippen MR) is 49.6 cm³/mol. The van der Waals surface area contributed by atoms with Gasteiger partial charge in [0.1, 0.15) is 5.54 Å². The third kappa shape index (κ3) is 1.47. The van der Waals surface area contributed by atoms with Crippen molar-refractivity contribution in [2.75, 3.05) is 7.05 Å². The first kappa shape index (κ1) is 9.54. The number of hydrogen-bond acceptors (Lipinski definition) is 2. The molecular weight excluding hydrogens is 148 g/mol. The van der Waals surface area contributed by atoms with Crippen LogP contribution in [-0.4, -0.2) is 12.6 Å². The Bertz CT molecular complexity index is 195. The van der Waals surface area contributed by atoms with Gasteiger partial charge >= 0.3 is 0 Å². The molecule has 0 bridgehead atoms. The van der Waals surface area contributed by atoms with Gasteiger partial charge in [0.2, 0.25) is 0 Å². The maximum absolute atomic E-state index is 9.09.